The Hall–Kier alpha value is -0.730. The van der Waals surface area contributed by atoms with Gasteiger partial charge in [-0.05, 0) is 30.9 Å². The van der Waals surface area contributed by atoms with Crippen LogP contribution >= 0.6 is 11.6 Å². The Balaban J connectivity index is 2.18. The first-order chi connectivity index (χ1) is 8.72. The van der Waals surface area contributed by atoms with E-state index in [0.717, 1.165) is 11.3 Å². The van der Waals surface area contributed by atoms with Gasteiger partial charge in [-0.25, -0.2) is 0 Å². The summed E-state index contributed by atoms with van der Waals surface area (Å²) in [6.45, 7) is 0. The number of benzene rings is 1. The monoisotopic (exact) mass is 267 g/mol. The molecule has 1 aromatic carbocycles. The minimum Gasteiger partial charge on any atom is -0.496 e. The van der Waals surface area contributed by atoms with E-state index in [1.807, 2.05) is 18.2 Å². The van der Waals surface area contributed by atoms with Gasteiger partial charge in [0.25, 0.3) is 0 Å². The SMILES string of the molecule is COc1cc(Cl)ccc1C(N)C1CCCCCC1. The Morgan fingerprint density at radius 1 is 1.22 bits per heavy atom. The highest BCUT2D eigenvalue weighted by Crippen LogP contribution is 2.36. The molecule has 1 aliphatic rings. The minimum atomic E-state index is 0.0651. The van der Waals surface area contributed by atoms with Crippen molar-refractivity contribution in [1.29, 1.82) is 0 Å². The molecule has 0 saturated heterocycles. The van der Waals surface area contributed by atoms with Crippen molar-refractivity contribution < 1.29 is 4.74 Å². The van der Waals surface area contributed by atoms with Crippen LogP contribution in [-0.2, 0) is 0 Å². The molecule has 0 radical (unpaired) electrons. The maximum Gasteiger partial charge on any atom is 0.125 e. The van der Waals surface area contributed by atoms with Crippen LogP contribution in [0.4, 0.5) is 0 Å². The molecule has 1 aromatic rings. The zero-order valence-electron chi connectivity index (χ0n) is 11.0. The van der Waals surface area contributed by atoms with Crippen LogP contribution in [0.2, 0.25) is 5.02 Å². The standard InChI is InChI=1S/C15H22ClNO/c1-18-14-10-12(16)8-9-13(14)15(17)11-6-4-2-3-5-7-11/h8-11,15H,2-7,17H2,1H3. The molecule has 0 aliphatic heterocycles. The first-order valence-corrected chi connectivity index (χ1v) is 7.19. The first kappa shape index (κ1) is 13.7. The molecule has 0 aromatic heterocycles. The zero-order chi connectivity index (χ0) is 13.0. The average molecular weight is 268 g/mol. The third-order valence-electron chi connectivity index (χ3n) is 3.96. The number of ether oxygens (including phenoxy) is 1. The molecule has 3 heteroatoms. The summed E-state index contributed by atoms with van der Waals surface area (Å²) in [5.41, 5.74) is 7.53. The molecule has 1 unspecified atom stereocenters. The summed E-state index contributed by atoms with van der Waals surface area (Å²) in [7, 11) is 1.68. The highest BCUT2D eigenvalue weighted by Gasteiger charge is 2.23. The van der Waals surface area contributed by atoms with E-state index in [1.165, 1.54) is 38.5 Å². The molecule has 1 fully saturated rings. The highest BCUT2D eigenvalue weighted by molar-refractivity contribution is 6.30. The lowest BCUT2D eigenvalue weighted by molar-refractivity contribution is 0.359. The lowest BCUT2D eigenvalue weighted by Gasteiger charge is -2.24. The van der Waals surface area contributed by atoms with E-state index in [-0.39, 0.29) is 6.04 Å². The molecule has 2 rings (SSSR count). The van der Waals surface area contributed by atoms with Gasteiger partial charge in [-0.1, -0.05) is 43.4 Å². The number of hydrogen-bond donors (Lipinski definition) is 1. The number of hydrogen-bond acceptors (Lipinski definition) is 2. The first-order valence-electron chi connectivity index (χ1n) is 6.81. The summed E-state index contributed by atoms with van der Waals surface area (Å²) in [5, 5.41) is 0.698. The van der Waals surface area contributed by atoms with E-state index in [4.69, 9.17) is 22.1 Å². The molecular formula is C15H22ClNO. The van der Waals surface area contributed by atoms with Crippen molar-refractivity contribution in [3.63, 3.8) is 0 Å². The van der Waals surface area contributed by atoms with Crippen LogP contribution in [0.5, 0.6) is 5.75 Å². The predicted octanol–water partition coefficient (Wildman–Crippen LogP) is 4.32. The van der Waals surface area contributed by atoms with Crippen LogP contribution in [0.25, 0.3) is 0 Å². The van der Waals surface area contributed by atoms with Crippen LogP contribution < -0.4 is 10.5 Å². The van der Waals surface area contributed by atoms with Gasteiger partial charge < -0.3 is 10.5 Å². The van der Waals surface area contributed by atoms with Crippen molar-refractivity contribution in [2.24, 2.45) is 11.7 Å². The second-order valence-electron chi connectivity index (χ2n) is 5.16. The number of nitrogens with two attached hydrogens (primary N) is 1. The molecule has 100 valence electrons. The van der Waals surface area contributed by atoms with Gasteiger partial charge in [-0.2, -0.15) is 0 Å². The second kappa shape index (κ2) is 6.44. The van der Waals surface area contributed by atoms with E-state index < -0.39 is 0 Å². The molecule has 0 spiro atoms. The largest absolute Gasteiger partial charge is 0.496 e. The van der Waals surface area contributed by atoms with E-state index in [0.29, 0.717) is 10.9 Å². The van der Waals surface area contributed by atoms with Gasteiger partial charge >= 0.3 is 0 Å². The maximum atomic E-state index is 6.44. The fourth-order valence-corrected chi connectivity index (χ4v) is 3.05. The second-order valence-corrected chi connectivity index (χ2v) is 5.60. The summed E-state index contributed by atoms with van der Waals surface area (Å²) in [5.74, 6) is 1.39. The van der Waals surface area contributed by atoms with Crippen LogP contribution in [0.15, 0.2) is 18.2 Å². The van der Waals surface area contributed by atoms with Gasteiger partial charge in [0.2, 0.25) is 0 Å². The van der Waals surface area contributed by atoms with Crippen LogP contribution in [0.3, 0.4) is 0 Å². The van der Waals surface area contributed by atoms with Crippen molar-refractivity contribution in [2.45, 2.75) is 44.6 Å². The summed E-state index contributed by atoms with van der Waals surface area (Å²) in [4.78, 5) is 0. The van der Waals surface area contributed by atoms with E-state index in [1.54, 1.807) is 7.11 Å². The molecule has 2 N–H and O–H groups in total. The highest BCUT2D eigenvalue weighted by atomic mass is 35.5. The number of methoxy groups -OCH3 is 1. The zero-order valence-corrected chi connectivity index (χ0v) is 11.7. The molecule has 1 aliphatic carbocycles. The third kappa shape index (κ3) is 3.18. The molecular weight excluding hydrogens is 246 g/mol. The third-order valence-corrected chi connectivity index (χ3v) is 4.20. The number of halogens is 1. The lowest BCUT2D eigenvalue weighted by atomic mass is 9.87. The fourth-order valence-electron chi connectivity index (χ4n) is 2.88. The number of rotatable bonds is 3. The van der Waals surface area contributed by atoms with E-state index in [2.05, 4.69) is 0 Å². The Morgan fingerprint density at radius 2 is 1.89 bits per heavy atom. The van der Waals surface area contributed by atoms with E-state index in [9.17, 15) is 0 Å². The Labute approximate surface area is 114 Å². The minimum absolute atomic E-state index is 0.0651. The quantitative estimate of drug-likeness (QED) is 0.828. The Kier molecular flexibility index (Phi) is 4.90. The summed E-state index contributed by atoms with van der Waals surface area (Å²) >= 11 is 5.99. The predicted molar refractivity (Wildman–Crippen MR) is 76.1 cm³/mol. The maximum absolute atomic E-state index is 6.44. The fraction of sp³-hybridized carbons (Fsp3) is 0.600. The normalized spacial score (nSPS) is 19.3. The molecule has 1 saturated carbocycles. The molecule has 1 atom stereocenters. The van der Waals surface area contributed by atoms with Gasteiger partial charge in [-0.15, -0.1) is 0 Å². The van der Waals surface area contributed by atoms with Crippen LogP contribution in [0, 0.1) is 5.92 Å². The summed E-state index contributed by atoms with van der Waals surface area (Å²) in [6.07, 6.45) is 7.75. The van der Waals surface area contributed by atoms with Gasteiger partial charge in [-0.3, -0.25) is 0 Å². The van der Waals surface area contributed by atoms with Crippen LogP contribution in [0.1, 0.15) is 50.1 Å². The lowest BCUT2D eigenvalue weighted by Crippen LogP contribution is -2.21. The van der Waals surface area contributed by atoms with Gasteiger partial charge in [0, 0.05) is 16.6 Å². The smallest absolute Gasteiger partial charge is 0.125 e. The summed E-state index contributed by atoms with van der Waals surface area (Å²) in [6, 6.07) is 5.83. The van der Waals surface area contributed by atoms with Gasteiger partial charge in [0.05, 0.1) is 7.11 Å². The topological polar surface area (TPSA) is 35.2 Å². The van der Waals surface area contributed by atoms with Crippen LogP contribution in [-0.4, -0.2) is 7.11 Å². The molecule has 0 heterocycles. The molecule has 18 heavy (non-hydrogen) atoms. The van der Waals surface area contributed by atoms with Crippen molar-refractivity contribution in [3.05, 3.63) is 28.8 Å². The summed E-state index contributed by atoms with van der Waals surface area (Å²) < 4.78 is 5.40. The van der Waals surface area contributed by atoms with E-state index >= 15 is 0 Å². The Morgan fingerprint density at radius 3 is 2.50 bits per heavy atom. The van der Waals surface area contributed by atoms with Crippen molar-refractivity contribution in [1.82, 2.24) is 0 Å². The van der Waals surface area contributed by atoms with Gasteiger partial charge in [0.15, 0.2) is 0 Å². The Bertz CT molecular complexity index is 386. The van der Waals surface area contributed by atoms with Gasteiger partial charge in [0.1, 0.15) is 5.75 Å². The van der Waals surface area contributed by atoms with Crippen molar-refractivity contribution in [2.75, 3.05) is 7.11 Å². The average Bonchev–Trinajstić information content (AvgIpc) is 2.66. The molecule has 0 amide bonds. The van der Waals surface area contributed by atoms with Crippen molar-refractivity contribution in [3.8, 4) is 5.75 Å². The molecule has 2 nitrogen and oxygen atoms in total. The molecule has 0 bridgehead atoms. The van der Waals surface area contributed by atoms with Crippen molar-refractivity contribution >= 4 is 11.6 Å².